The monoisotopic (exact) mass is 455 g/mol. The number of benzene rings is 2. The average Bonchev–Trinajstić information content (AvgIpc) is 2.77. The SMILES string of the molecule is N#CC(CCOC(=O)CC(=O)C=Cc1ccc2c(c1)CCCC2)c1ccc(Cl)c(Cl)c1. The van der Waals surface area contributed by atoms with E-state index in [4.69, 9.17) is 27.9 Å². The molecule has 0 radical (unpaired) electrons. The molecule has 2 aromatic carbocycles. The van der Waals surface area contributed by atoms with E-state index in [-0.39, 0.29) is 18.8 Å². The molecule has 0 spiro atoms. The van der Waals surface area contributed by atoms with Crippen LogP contribution < -0.4 is 0 Å². The molecule has 2 aromatic rings. The predicted molar refractivity (Wildman–Crippen MR) is 122 cm³/mol. The van der Waals surface area contributed by atoms with Crippen molar-refractivity contribution in [3.05, 3.63) is 74.8 Å². The summed E-state index contributed by atoms with van der Waals surface area (Å²) in [6.07, 6.45) is 7.74. The van der Waals surface area contributed by atoms with E-state index in [1.807, 2.05) is 6.07 Å². The highest BCUT2D eigenvalue weighted by molar-refractivity contribution is 6.42. The van der Waals surface area contributed by atoms with Crippen molar-refractivity contribution in [1.82, 2.24) is 0 Å². The van der Waals surface area contributed by atoms with Gasteiger partial charge in [-0.3, -0.25) is 9.59 Å². The number of hydrogen-bond acceptors (Lipinski definition) is 4. The van der Waals surface area contributed by atoms with Gasteiger partial charge in [-0.05, 0) is 66.1 Å². The highest BCUT2D eigenvalue weighted by Crippen LogP contribution is 2.28. The molecule has 0 aliphatic heterocycles. The number of ether oxygens (including phenoxy) is 1. The van der Waals surface area contributed by atoms with E-state index in [0.29, 0.717) is 22.0 Å². The first-order valence-corrected chi connectivity index (χ1v) is 11.0. The molecule has 0 heterocycles. The Kier molecular flexibility index (Phi) is 8.28. The molecule has 0 fully saturated rings. The van der Waals surface area contributed by atoms with E-state index in [0.717, 1.165) is 18.4 Å². The molecule has 0 aromatic heterocycles. The molecule has 1 aliphatic rings. The number of carbonyl (C=O) groups is 2. The normalized spacial score (nSPS) is 14.0. The minimum Gasteiger partial charge on any atom is -0.465 e. The van der Waals surface area contributed by atoms with Crippen LogP contribution in [-0.4, -0.2) is 18.4 Å². The molecule has 0 amide bonds. The lowest BCUT2D eigenvalue weighted by atomic mass is 9.90. The molecule has 0 saturated carbocycles. The summed E-state index contributed by atoms with van der Waals surface area (Å²) in [5.41, 5.74) is 4.39. The summed E-state index contributed by atoms with van der Waals surface area (Å²) in [7, 11) is 0. The topological polar surface area (TPSA) is 67.2 Å². The van der Waals surface area contributed by atoms with Crippen molar-refractivity contribution in [2.75, 3.05) is 6.61 Å². The van der Waals surface area contributed by atoms with Crippen LogP contribution >= 0.6 is 23.2 Å². The second-order valence-electron chi connectivity index (χ2n) is 7.58. The molecule has 1 aliphatic carbocycles. The average molecular weight is 456 g/mol. The number of esters is 1. The maximum Gasteiger partial charge on any atom is 0.313 e. The molecule has 1 atom stereocenters. The van der Waals surface area contributed by atoms with Crippen LogP contribution in [0.25, 0.3) is 6.08 Å². The summed E-state index contributed by atoms with van der Waals surface area (Å²) < 4.78 is 5.14. The molecule has 160 valence electrons. The number of ketones is 1. The van der Waals surface area contributed by atoms with Crippen LogP contribution in [0.3, 0.4) is 0 Å². The van der Waals surface area contributed by atoms with Crippen molar-refractivity contribution in [2.45, 2.75) is 44.4 Å². The predicted octanol–water partition coefficient (Wildman–Crippen LogP) is 6.09. The third kappa shape index (κ3) is 6.69. The highest BCUT2D eigenvalue weighted by atomic mass is 35.5. The maximum atomic E-state index is 12.1. The van der Waals surface area contributed by atoms with Crippen LogP contribution in [0.2, 0.25) is 10.0 Å². The van der Waals surface area contributed by atoms with E-state index < -0.39 is 11.9 Å². The van der Waals surface area contributed by atoms with E-state index in [2.05, 4.69) is 18.2 Å². The van der Waals surface area contributed by atoms with Crippen molar-refractivity contribution < 1.29 is 14.3 Å². The molecular formula is C25H23Cl2NO3. The number of nitriles is 1. The fraction of sp³-hybridized carbons (Fsp3) is 0.320. The zero-order valence-electron chi connectivity index (χ0n) is 17.1. The van der Waals surface area contributed by atoms with E-state index in [1.165, 1.54) is 30.0 Å². The van der Waals surface area contributed by atoms with Crippen LogP contribution in [0.1, 0.15) is 53.9 Å². The Morgan fingerprint density at radius 1 is 1.06 bits per heavy atom. The molecule has 1 unspecified atom stereocenters. The number of fused-ring (bicyclic) bond motifs is 1. The van der Waals surface area contributed by atoms with Crippen LogP contribution in [0.5, 0.6) is 0 Å². The summed E-state index contributed by atoms with van der Waals surface area (Å²) in [4.78, 5) is 24.1. The standard InChI is InChI=1S/C25H23Cl2NO3/c26-23-10-8-20(14-24(23)27)21(16-28)11-12-31-25(30)15-22(29)9-6-17-5-7-18-3-1-2-4-19(18)13-17/h5-10,13-14,21H,1-4,11-12,15H2. The molecular weight excluding hydrogens is 433 g/mol. The molecule has 31 heavy (non-hydrogen) atoms. The fourth-order valence-corrected chi connectivity index (χ4v) is 3.93. The van der Waals surface area contributed by atoms with Gasteiger partial charge in [0.1, 0.15) is 6.42 Å². The minimum absolute atomic E-state index is 0.0408. The van der Waals surface area contributed by atoms with Gasteiger partial charge in [0.05, 0.1) is 28.6 Å². The van der Waals surface area contributed by atoms with Crippen LogP contribution in [-0.2, 0) is 27.2 Å². The van der Waals surface area contributed by atoms with Crippen LogP contribution in [0.4, 0.5) is 0 Å². The van der Waals surface area contributed by atoms with Gasteiger partial charge in [0.25, 0.3) is 0 Å². The molecule has 3 rings (SSSR count). The van der Waals surface area contributed by atoms with Gasteiger partial charge in [0, 0.05) is 6.42 Å². The Balaban J connectivity index is 1.45. The summed E-state index contributed by atoms with van der Waals surface area (Å²) in [6.45, 7) is 0.0408. The van der Waals surface area contributed by atoms with E-state index in [9.17, 15) is 14.9 Å². The van der Waals surface area contributed by atoms with Crippen molar-refractivity contribution >= 4 is 41.0 Å². The Hall–Kier alpha value is -2.61. The lowest BCUT2D eigenvalue weighted by molar-refractivity contribution is -0.145. The minimum atomic E-state index is -0.606. The van der Waals surface area contributed by atoms with Crippen molar-refractivity contribution in [3.63, 3.8) is 0 Å². The second-order valence-corrected chi connectivity index (χ2v) is 8.39. The van der Waals surface area contributed by atoms with E-state index in [1.54, 1.807) is 24.3 Å². The Labute approximate surface area is 192 Å². The lowest BCUT2D eigenvalue weighted by Crippen LogP contribution is -2.12. The van der Waals surface area contributed by atoms with Crippen molar-refractivity contribution in [1.29, 1.82) is 5.26 Å². The van der Waals surface area contributed by atoms with Gasteiger partial charge in [0.2, 0.25) is 0 Å². The van der Waals surface area contributed by atoms with E-state index >= 15 is 0 Å². The van der Waals surface area contributed by atoms with Gasteiger partial charge in [-0.1, -0.05) is 53.5 Å². The lowest BCUT2D eigenvalue weighted by Gasteiger charge is -2.15. The smallest absolute Gasteiger partial charge is 0.313 e. The van der Waals surface area contributed by atoms with Gasteiger partial charge < -0.3 is 4.74 Å². The van der Waals surface area contributed by atoms with Gasteiger partial charge in [-0.15, -0.1) is 0 Å². The Morgan fingerprint density at radius 2 is 1.84 bits per heavy atom. The summed E-state index contributed by atoms with van der Waals surface area (Å²) in [5, 5.41) is 10.2. The van der Waals surface area contributed by atoms with Gasteiger partial charge in [-0.2, -0.15) is 5.26 Å². The fourth-order valence-electron chi connectivity index (χ4n) is 3.62. The number of allylic oxidation sites excluding steroid dienone is 1. The first-order chi connectivity index (χ1) is 15.0. The number of nitrogens with zero attached hydrogens (tertiary/aromatic N) is 1. The maximum absolute atomic E-state index is 12.1. The largest absolute Gasteiger partial charge is 0.465 e. The molecule has 0 N–H and O–H groups in total. The zero-order chi connectivity index (χ0) is 22.2. The molecule has 0 saturated heterocycles. The number of halogens is 2. The highest BCUT2D eigenvalue weighted by Gasteiger charge is 2.15. The van der Waals surface area contributed by atoms with Crippen molar-refractivity contribution in [3.8, 4) is 6.07 Å². The number of aryl methyl sites for hydroxylation is 2. The van der Waals surface area contributed by atoms with Crippen molar-refractivity contribution in [2.24, 2.45) is 0 Å². The van der Waals surface area contributed by atoms with Gasteiger partial charge in [0.15, 0.2) is 5.78 Å². The molecule has 4 nitrogen and oxygen atoms in total. The van der Waals surface area contributed by atoms with Crippen LogP contribution in [0.15, 0.2) is 42.5 Å². The molecule has 0 bridgehead atoms. The number of rotatable bonds is 8. The molecule has 6 heteroatoms. The van der Waals surface area contributed by atoms with Crippen LogP contribution in [0, 0.1) is 11.3 Å². The Morgan fingerprint density at radius 3 is 2.58 bits per heavy atom. The summed E-state index contributed by atoms with van der Waals surface area (Å²) in [6, 6.07) is 13.4. The van der Waals surface area contributed by atoms with Gasteiger partial charge >= 0.3 is 5.97 Å². The summed E-state index contributed by atoms with van der Waals surface area (Å²) in [5.74, 6) is -1.41. The third-order valence-corrected chi connectivity index (χ3v) is 6.06. The quantitative estimate of drug-likeness (QED) is 0.274. The first kappa shape index (κ1) is 23.1. The first-order valence-electron chi connectivity index (χ1n) is 10.3. The zero-order valence-corrected chi connectivity index (χ0v) is 18.6. The van der Waals surface area contributed by atoms with Gasteiger partial charge in [-0.25, -0.2) is 0 Å². The third-order valence-electron chi connectivity index (χ3n) is 5.32. The summed E-state index contributed by atoms with van der Waals surface area (Å²) >= 11 is 11.9. The second kappa shape index (κ2) is 11.1. The number of hydrogen-bond donors (Lipinski definition) is 0. The Bertz CT molecular complexity index is 1040. The number of carbonyl (C=O) groups excluding carboxylic acids is 2.